The Bertz CT molecular complexity index is 257. The average molecular weight is 268 g/mol. The van der Waals surface area contributed by atoms with E-state index in [2.05, 4.69) is 20.7 Å². The number of allylic oxidation sites excluding steroid dienone is 2. The van der Waals surface area contributed by atoms with Gasteiger partial charge in [0.25, 0.3) is 0 Å². The summed E-state index contributed by atoms with van der Waals surface area (Å²) in [5, 5.41) is 1.48. The number of carbonyl (C=O) groups excluding carboxylic acids is 1. The Kier molecular flexibility index (Phi) is 3.62. The fourth-order valence-electron chi connectivity index (χ4n) is 0.789. The van der Waals surface area contributed by atoms with Crippen molar-refractivity contribution in [2.45, 2.75) is 4.95 Å². The van der Waals surface area contributed by atoms with Crippen molar-refractivity contribution in [3.05, 3.63) is 24.4 Å². The van der Waals surface area contributed by atoms with Gasteiger partial charge >= 0.3 is 6.09 Å². The molecule has 13 heavy (non-hydrogen) atoms. The van der Waals surface area contributed by atoms with Crippen LogP contribution in [0.15, 0.2) is 24.4 Å². The standard InChI is InChI=1S/C7H8BrClN2O2/c1-13-7(12)11(9)10-5-3-2-4-6(10)8/h2-6H,1H3. The molecule has 6 heteroatoms. The summed E-state index contributed by atoms with van der Waals surface area (Å²) >= 11 is 8.98. The Balaban J connectivity index is 2.66. The van der Waals surface area contributed by atoms with Gasteiger partial charge in [0, 0.05) is 18.0 Å². The number of hydrazine groups is 1. The molecule has 1 amide bonds. The molecule has 0 spiro atoms. The molecule has 1 aliphatic rings. The molecule has 1 unspecified atom stereocenters. The quantitative estimate of drug-likeness (QED) is 0.415. The van der Waals surface area contributed by atoms with Crippen LogP contribution in [0.3, 0.4) is 0 Å². The highest BCUT2D eigenvalue weighted by atomic mass is 79.9. The van der Waals surface area contributed by atoms with Gasteiger partial charge in [0.2, 0.25) is 0 Å². The van der Waals surface area contributed by atoms with Crippen LogP contribution in [0.5, 0.6) is 0 Å². The second-order valence-electron chi connectivity index (χ2n) is 2.21. The summed E-state index contributed by atoms with van der Waals surface area (Å²) in [7, 11) is 1.27. The number of hydrogen-bond acceptors (Lipinski definition) is 3. The lowest BCUT2D eigenvalue weighted by atomic mass is 10.4. The molecule has 0 N–H and O–H groups in total. The zero-order valence-electron chi connectivity index (χ0n) is 6.85. The summed E-state index contributed by atoms with van der Waals surface area (Å²) < 4.78 is 5.31. The van der Waals surface area contributed by atoms with Gasteiger partial charge in [-0.15, -0.1) is 4.53 Å². The van der Waals surface area contributed by atoms with E-state index in [4.69, 9.17) is 11.8 Å². The number of alkyl halides is 1. The van der Waals surface area contributed by atoms with Crippen LogP contribution in [-0.4, -0.2) is 27.7 Å². The summed E-state index contributed by atoms with van der Waals surface area (Å²) in [4.78, 5) is 10.9. The lowest BCUT2D eigenvalue weighted by Crippen LogP contribution is -2.40. The molecule has 0 aromatic carbocycles. The van der Waals surface area contributed by atoms with Gasteiger partial charge in [0.1, 0.15) is 4.95 Å². The molecule has 1 atom stereocenters. The molecule has 4 nitrogen and oxygen atoms in total. The Labute approximate surface area is 89.6 Å². The molecular weight excluding hydrogens is 259 g/mol. The molecule has 1 heterocycles. The van der Waals surface area contributed by atoms with Crippen molar-refractivity contribution in [1.82, 2.24) is 9.54 Å². The van der Waals surface area contributed by atoms with Crippen molar-refractivity contribution >= 4 is 33.8 Å². The van der Waals surface area contributed by atoms with E-state index in [-0.39, 0.29) is 4.95 Å². The number of rotatable bonds is 1. The molecule has 0 aromatic heterocycles. The third-order valence-corrected chi connectivity index (χ3v) is 2.44. The summed E-state index contributed by atoms with van der Waals surface area (Å²) in [6.45, 7) is 0. The van der Waals surface area contributed by atoms with Gasteiger partial charge in [0.05, 0.1) is 7.11 Å². The number of carbonyl (C=O) groups is 1. The highest BCUT2D eigenvalue weighted by Gasteiger charge is 2.22. The van der Waals surface area contributed by atoms with E-state index in [0.717, 1.165) is 4.53 Å². The largest absolute Gasteiger partial charge is 0.451 e. The second-order valence-corrected chi connectivity index (χ2v) is 3.47. The van der Waals surface area contributed by atoms with E-state index in [1.54, 1.807) is 12.3 Å². The molecule has 0 aromatic rings. The van der Waals surface area contributed by atoms with Gasteiger partial charge < -0.3 is 4.74 Å². The molecule has 0 fully saturated rings. The molecular formula is C7H8BrClN2O2. The minimum Gasteiger partial charge on any atom is -0.451 e. The number of nitrogens with zero attached hydrogens (tertiary/aromatic N) is 2. The van der Waals surface area contributed by atoms with Crippen LogP contribution < -0.4 is 0 Å². The van der Waals surface area contributed by atoms with Crippen LogP contribution in [-0.2, 0) is 4.74 Å². The highest BCUT2D eigenvalue weighted by Crippen LogP contribution is 2.19. The van der Waals surface area contributed by atoms with Gasteiger partial charge in [-0.2, -0.15) is 0 Å². The van der Waals surface area contributed by atoms with E-state index in [1.807, 2.05) is 12.2 Å². The topological polar surface area (TPSA) is 32.8 Å². The number of amides is 1. The van der Waals surface area contributed by atoms with Crippen LogP contribution in [0.4, 0.5) is 4.79 Å². The molecule has 72 valence electrons. The maximum Gasteiger partial charge on any atom is 0.444 e. The number of halogens is 2. The number of ether oxygens (including phenoxy) is 1. The van der Waals surface area contributed by atoms with Gasteiger partial charge in [0.15, 0.2) is 0 Å². The van der Waals surface area contributed by atoms with Crippen LogP contribution in [0.25, 0.3) is 0 Å². The Morgan fingerprint density at radius 3 is 2.92 bits per heavy atom. The summed E-state index contributed by atoms with van der Waals surface area (Å²) in [6.07, 6.45) is 6.46. The van der Waals surface area contributed by atoms with Crippen molar-refractivity contribution in [3.63, 3.8) is 0 Å². The van der Waals surface area contributed by atoms with E-state index in [1.165, 1.54) is 12.1 Å². The molecule has 0 aliphatic carbocycles. The molecule has 0 bridgehead atoms. The molecule has 0 saturated heterocycles. The summed E-state index contributed by atoms with van der Waals surface area (Å²) in [6, 6.07) is 0. The first kappa shape index (κ1) is 10.4. The minimum atomic E-state index is -0.633. The van der Waals surface area contributed by atoms with Crippen LogP contribution in [0.2, 0.25) is 0 Å². The SMILES string of the molecule is COC(=O)N(Cl)N1C=CC=CC1Br. The number of hydrogen-bond donors (Lipinski definition) is 0. The maximum atomic E-state index is 11.0. The smallest absolute Gasteiger partial charge is 0.444 e. The third-order valence-electron chi connectivity index (χ3n) is 1.40. The van der Waals surface area contributed by atoms with Gasteiger partial charge in [-0.3, -0.25) is 5.01 Å². The lowest BCUT2D eigenvalue weighted by molar-refractivity contribution is 0.0824. The Morgan fingerprint density at radius 2 is 2.38 bits per heavy atom. The van der Waals surface area contributed by atoms with Gasteiger partial charge in [-0.1, -0.05) is 22.0 Å². The zero-order chi connectivity index (χ0) is 9.84. The van der Waals surface area contributed by atoms with Gasteiger partial charge in [-0.05, 0) is 12.2 Å². The fourth-order valence-corrected chi connectivity index (χ4v) is 1.60. The normalized spacial score (nSPS) is 20.2. The Morgan fingerprint density at radius 1 is 1.69 bits per heavy atom. The predicted molar refractivity (Wildman–Crippen MR) is 52.9 cm³/mol. The second kappa shape index (κ2) is 4.53. The summed E-state index contributed by atoms with van der Waals surface area (Å²) in [5.41, 5.74) is 0. The van der Waals surface area contributed by atoms with Crippen LogP contribution in [0.1, 0.15) is 0 Å². The van der Waals surface area contributed by atoms with Crippen molar-refractivity contribution in [2.75, 3.05) is 7.11 Å². The van der Waals surface area contributed by atoms with Crippen molar-refractivity contribution < 1.29 is 9.53 Å². The molecule has 0 radical (unpaired) electrons. The van der Waals surface area contributed by atoms with Crippen molar-refractivity contribution in [2.24, 2.45) is 0 Å². The maximum absolute atomic E-state index is 11.0. The predicted octanol–water partition coefficient (Wildman–Crippen LogP) is 2.23. The molecule has 0 saturated carbocycles. The minimum absolute atomic E-state index is 0.144. The first-order chi connectivity index (χ1) is 6.16. The van der Waals surface area contributed by atoms with E-state index >= 15 is 0 Å². The fraction of sp³-hybridized carbons (Fsp3) is 0.286. The average Bonchev–Trinajstić information content (AvgIpc) is 2.16. The monoisotopic (exact) mass is 266 g/mol. The van der Waals surface area contributed by atoms with Crippen molar-refractivity contribution in [3.8, 4) is 0 Å². The summed E-state index contributed by atoms with van der Waals surface area (Å²) in [5.74, 6) is 0. The van der Waals surface area contributed by atoms with E-state index < -0.39 is 6.09 Å². The van der Waals surface area contributed by atoms with E-state index in [0.29, 0.717) is 0 Å². The Hall–Kier alpha value is -0.680. The first-order valence-corrected chi connectivity index (χ1v) is 4.73. The van der Waals surface area contributed by atoms with Crippen LogP contribution >= 0.6 is 27.7 Å². The third kappa shape index (κ3) is 2.38. The first-order valence-electron chi connectivity index (χ1n) is 3.48. The van der Waals surface area contributed by atoms with Crippen molar-refractivity contribution in [1.29, 1.82) is 0 Å². The van der Waals surface area contributed by atoms with Crippen LogP contribution in [0, 0.1) is 0 Å². The molecule has 1 rings (SSSR count). The lowest BCUT2D eigenvalue weighted by Gasteiger charge is -2.30. The zero-order valence-corrected chi connectivity index (χ0v) is 9.20. The molecule has 1 aliphatic heterocycles. The highest BCUT2D eigenvalue weighted by molar-refractivity contribution is 9.09. The van der Waals surface area contributed by atoms with E-state index in [9.17, 15) is 4.79 Å². The van der Waals surface area contributed by atoms with Gasteiger partial charge in [-0.25, -0.2) is 4.79 Å². The number of methoxy groups -OCH3 is 1.